The van der Waals surface area contributed by atoms with Crippen LogP contribution in [0.4, 0.5) is 0 Å². The Morgan fingerprint density at radius 3 is 2.33 bits per heavy atom. The maximum absolute atomic E-state index is 9.35. The van der Waals surface area contributed by atoms with Crippen LogP contribution >= 0.6 is 0 Å². The van der Waals surface area contributed by atoms with Gasteiger partial charge in [-0.1, -0.05) is 55.8 Å². The molecule has 2 heteroatoms. The Balaban J connectivity index is 0.00000106. The normalized spacial score (nSPS) is 9.71. The van der Waals surface area contributed by atoms with Gasteiger partial charge >= 0.3 is 0 Å². The van der Waals surface area contributed by atoms with Crippen LogP contribution in [0.5, 0.6) is 5.75 Å². The Morgan fingerprint density at radius 1 is 0.952 bits per heavy atom. The second kappa shape index (κ2) is 10.0. The van der Waals surface area contributed by atoms with Crippen LogP contribution in [0.25, 0.3) is 0 Å². The monoisotopic (exact) mass is 286 g/mol. The van der Waals surface area contributed by atoms with Gasteiger partial charge in [-0.25, -0.2) is 0 Å². The molecule has 21 heavy (non-hydrogen) atoms. The van der Waals surface area contributed by atoms with Gasteiger partial charge in [0.05, 0.1) is 13.2 Å². The Hall–Kier alpha value is -1.80. The van der Waals surface area contributed by atoms with Crippen molar-refractivity contribution in [3.05, 3.63) is 65.2 Å². The maximum Gasteiger partial charge on any atom is 0.119 e. The van der Waals surface area contributed by atoms with Crippen molar-refractivity contribution in [3.8, 4) is 5.75 Å². The molecular formula is C19H26O2. The van der Waals surface area contributed by atoms with Crippen LogP contribution in [0.2, 0.25) is 0 Å². The zero-order valence-corrected chi connectivity index (χ0v) is 13.3. The predicted octanol–water partition coefficient (Wildman–Crippen LogP) is 4.53. The summed E-state index contributed by atoms with van der Waals surface area (Å²) < 4.78 is 5.66. The predicted molar refractivity (Wildman–Crippen MR) is 88.7 cm³/mol. The average Bonchev–Trinajstić information content (AvgIpc) is 2.55. The molecule has 0 fully saturated rings. The molecule has 2 aromatic carbocycles. The van der Waals surface area contributed by atoms with Gasteiger partial charge in [-0.05, 0) is 43.0 Å². The minimum Gasteiger partial charge on any atom is -0.494 e. The average molecular weight is 286 g/mol. The molecule has 0 aliphatic carbocycles. The van der Waals surface area contributed by atoms with Gasteiger partial charge < -0.3 is 9.84 Å². The van der Waals surface area contributed by atoms with Gasteiger partial charge in [0.25, 0.3) is 0 Å². The highest BCUT2D eigenvalue weighted by molar-refractivity contribution is 5.31. The summed E-state index contributed by atoms with van der Waals surface area (Å²) in [5.74, 6) is 0.911. The standard InChI is InChI=1S/C17H20O2.C2H6/c1-14-9-10-15(16(12-14)13-18)6-5-11-19-17-7-3-2-4-8-17;1-2/h2-4,7-10,12,18H,5-6,11,13H2,1H3;1-2H3. The van der Waals surface area contributed by atoms with Crippen molar-refractivity contribution < 1.29 is 9.84 Å². The number of aliphatic hydroxyl groups excluding tert-OH is 1. The fraction of sp³-hybridized carbons (Fsp3) is 0.368. The molecule has 0 aromatic heterocycles. The van der Waals surface area contributed by atoms with Crippen molar-refractivity contribution in [2.45, 2.75) is 40.2 Å². The van der Waals surface area contributed by atoms with Crippen molar-refractivity contribution in [2.24, 2.45) is 0 Å². The highest BCUT2D eigenvalue weighted by Gasteiger charge is 2.02. The van der Waals surface area contributed by atoms with Crippen molar-refractivity contribution in [3.63, 3.8) is 0 Å². The number of aliphatic hydroxyl groups is 1. The lowest BCUT2D eigenvalue weighted by Crippen LogP contribution is -2.01. The van der Waals surface area contributed by atoms with E-state index >= 15 is 0 Å². The highest BCUT2D eigenvalue weighted by Crippen LogP contribution is 2.15. The summed E-state index contributed by atoms with van der Waals surface area (Å²) in [6, 6.07) is 16.1. The lowest BCUT2D eigenvalue weighted by Gasteiger charge is -2.09. The van der Waals surface area contributed by atoms with Gasteiger partial charge in [0.2, 0.25) is 0 Å². The van der Waals surface area contributed by atoms with Gasteiger partial charge in [0.15, 0.2) is 0 Å². The van der Waals surface area contributed by atoms with Crippen LogP contribution < -0.4 is 4.74 Å². The molecule has 0 atom stereocenters. The van der Waals surface area contributed by atoms with E-state index in [0.717, 1.165) is 24.2 Å². The van der Waals surface area contributed by atoms with E-state index in [1.54, 1.807) is 0 Å². The third-order valence-corrected chi connectivity index (χ3v) is 3.13. The lowest BCUT2D eigenvalue weighted by atomic mass is 10.0. The van der Waals surface area contributed by atoms with E-state index in [4.69, 9.17) is 4.74 Å². The van der Waals surface area contributed by atoms with E-state index in [1.807, 2.05) is 57.2 Å². The van der Waals surface area contributed by atoms with E-state index in [-0.39, 0.29) is 6.61 Å². The Kier molecular flexibility index (Phi) is 8.22. The first-order valence-corrected chi connectivity index (χ1v) is 7.66. The van der Waals surface area contributed by atoms with Crippen LogP contribution in [-0.4, -0.2) is 11.7 Å². The van der Waals surface area contributed by atoms with Crippen LogP contribution in [0.15, 0.2) is 48.5 Å². The van der Waals surface area contributed by atoms with E-state index in [9.17, 15) is 5.11 Å². The Bertz CT molecular complexity index is 506. The minimum atomic E-state index is 0.108. The number of para-hydroxylation sites is 1. The fourth-order valence-corrected chi connectivity index (χ4v) is 2.12. The van der Waals surface area contributed by atoms with Crippen LogP contribution in [-0.2, 0) is 13.0 Å². The second-order valence-electron chi connectivity index (χ2n) is 4.70. The quantitative estimate of drug-likeness (QED) is 0.791. The zero-order valence-electron chi connectivity index (χ0n) is 13.3. The molecule has 2 rings (SSSR count). The second-order valence-corrected chi connectivity index (χ2v) is 4.70. The number of hydrogen-bond acceptors (Lipinski definition) is 2. The maximum atomic E-state index is 9.35. The highest BCUT2D eigenvalue weighted by atomic mass is 16.5. The fourth-order valence-electron chi connectivity index (χ4n) is 2.12. The smallest absolute Gasteiger partial charge is 0.119 e. The largest absolute Gasteiger partial charge is 0.494 e. The first-order chi connectivity index (χ1) is 10.3. The summed E-state index contributed by atoms with van der Waals surface area (Å²) in [5, 5.41) is 9.35. The molecule has 0 unspecified atom stereocenters. The molecule has 2 nitrogen and oxygen atoms in total. The molecule has 0 spiro atoms. The molecule has 0 bridgehead atoms. The molecular weight excluding hydrogens is 260 g/mol. The molecule has 114 valence electrons. The molecule has 0 heterocycles. The lowest BCUT2D eigenvalue weighted by molar-refractivity contribution is 0.279. The van der Waals surface area contributed by atoms with Crippen molar-refractivity contribution in [2.75, 3.05) is 6.61 Å². The summed E-state index contributed by atoms with van der Waals surface area (Å²) in [5.41, 5.74) is 3.43. The van der Waals surface area contributed by atoms with Crippen LogP contribution in [0.3, 0.4) is 0 Å². The number of rotatable bonds is 6. The van der Waals surface area contributed by atoms with Crippen LogP contribution in [0, 0.1) is 6.92 Å². The number of benzene rings is 2. The van der Waals surface area contributed by atoms with Gasteiger partial charge in [-0.2, -0.15) is 0 Å². The first-order valence-electron chi connectivity index (χ1n) is 7.66. The molecule has 0 saturated heterocycles. The molecule has 1 N–H and O–H groups in total. The summed E-state index contributed by atoms with van der Waals surface area (Å²) in [6.45, 7) is 6.85. The molecule has 0 aliphatic rings. The van der Waals surface area contributed by atoms with E-state index in [0.29, 0.717) is 6.61 Å². The van der Waals surface area contributed by atoms with E-state index < -0.39 is 0 Å². The number of aryl methyl sites for hydroxylation is 2. The molecule has 0 aliphatic heterocycles. The summed E-state index contributed by atoms with van der Waals surface area (Å²) in [4.78, 5) is 0. The third-order valence-electron chi connectivity index (χ3n) is 3.13. The number of hydrogen-bond donors (Lipinski definition) is 1. The summed E-state index contributed by atoms with van der Waals surface area (Å²) >= 11 is 0. The van der Waals surface area contributed by atoms with Gasteiger partial charge in [-0.15, -0.1) is 0 Å². The topological polar surface area (TPSA) is 29.5 Å². The molecule has 0 radical (unpaired) electrons. The van der Waals surface area contributed by atoms with Crippen LogP contribution in [0.1, 0.15) is 37.0 Å². The Labute approximate surface area is 128 Å². The third kappa shape index (κ3) is 6.01. The Morgan fingerprint density at radius 2 is 1.67 bits per heavy atom. The molecule has 0 saturated carbocycles. The van der Waals surface area contributed by atoms with Gasteiger partial charge in [0.1, 0.15) is 5.75 Å². The number of ether oxygens (including phenoxy) is 1. The first kappa shape index (κ1) is 17.3. The van der Waals surface area contributed by atoms with E-state index in [1.165, 1.54) is 11.1 Å². The van der Waals surface area contributed by atoms with E-state index in [2.05, 4.69) is 12.1 Å². The van der Waals surface area contributed by atoms with Crippen molar-refractivity contribution >= 4 is 0 Å². The minimum absolute atomic E-state index is 0.108. The van der Waals surface area contributed by atoms with Gasteiger partial charge in [0, 0.05) is 0 Å². The van der Waals surface area contributed by atoms with Crippen molar-refractivity contribution in [1.29, 1.82) is 0 Å². The zero-order chi connectivity index (χ0) is 15.5. The summed E-state index contributed by atoms with van der Waals surface area (Å²) in [6.07, 6.45) is 1.88. The summed E-state index contributed by atoms with van der Waals surface area (Å²) in [7, 11) is 0. The molecule has 0 amide bonds. The van der Waals surface area contributed by atoms with Gasteiger partial charge in [-0.3, -0.25) is 0 Å². The molecule has 2 aromatic rings. The SMILES string of the molecule is CC.Cc1ccc(CCCOc2ccccc2)c(CO)c1. The van der Waals surface area contributed by atoms with Crippen molar-refractivity contribution in [1.82, 2.24) is 0 Å².